The largest absolute Gasteiger partial charge is 0.394 e. The molecule has 4 N–H and O–H groups in total. The van der Waals surface area contributed by atoms with Gasteiger partial charge in [0.05, 0.1) is 17.1 Å². The van der Waals surface area contributed by atoms with Crippen molar-refractivity contribution in [3.63, 3.8) is 0 Å². The molecule has 0 unspecified atom stereocenters. The van der Waals surface area contributed by atoms with Crippen molar-refractivity contribution in [3.8, 4) is 0 Å². The molecule has 0 heterocycles. The number of nitro benzene ring substituents is 1. The molecule has 1 rings (SSSR count). The number of primary amides is 1. The Morgan fingerprint density at radius 2 is 2.05 bits per heavy atom. The van der Waals surface area contributed by atoms with E-state index in [4.69, 9.17) is 5.73 Å². The van der Waals surface area contributed by atoms with Crippen molar-refractivity contribution in [2.45, 2.75) is 32.2 Å². The van der Waals surface area contributed by atoms with E-state index in [0.29, 0.717) is 12.8 Å². The molecule has 0 aliphatic carbocycles. The number of carbonyl (C=O) groups is 1. The Bertz CT molecular complexity index is 504. The maximum Gasteiger partial charge on any atom is 0.293 e. The predicted octanol–water partition coefficient (Wildman–Crippen LogP) is 1.66. The highest BCUT2D eigenvalue weighted by Crippen LogP contribution is 2.30. The van der Waals surface area contributed by atoms with Gasteiger partial charge in [-0.3, -0.25) is 14.9 Å². The number of amides is 1. The zero-order valence-electron chi connectivity index (χ0n) is 11.5. The molecule has 7 nitrogen and oxygen atoms in total. The van der Waals surface area contributed by atoms with Gasteiger partial charge in [0.25, 0.3) is 5.69 Å². The molecule has 0 atom stereocenters. The molecule has 1 amide bonds. The summed E-state index contributed by atoms with van der Waals surface area (Å²) in [5.74, 6) is -0.723. The summed E-state index contributed by atoms with van der Waals surface area (Å²) in [6, 6.07) is 4.00. The van der Waals surface area contributed by atoms with Gasteiger partial charge in [-0.2, -0.15) is 0 Å². The molecule has 0 aliphatic heterocycles. The molecule has 0 aromatic heterocycles. The van der Waals surface area contributed by atoms with Gasteiger partial charge >= 0.3 is 0 Å². The van der Waals surface area contributed by atoms with Gasteiger partial charge in [0.1, 0.15) is 5.69 Å². The van der Waals surface area contributed by atoms with E-state index in [1.54, 1.807) is 0 Å². The number of aliphatic hydroxyl groups is 1. The molecule has 0 fully saturated rings. The molecule has 0 aliphatic rings. The minimum Gasteiger partial charge on any atom is -0.394 e. The standard InChI is InChI=1S/C13H19N3O4/c1-3-13(4-2,8-17)15-10-6-5-9(12(14)18)7-11(10)16(19)20/h5-7,15,17H,3-4,8H2,1-2H3,(H2,14,18). The lowest BCUT2D eigenvalue weighted by atomic mass is 9.93. The van der Waals surface area contributed by atoms with Gasteiger partial charge in [-0.1, -0.05) is 13.8 Å². The van der Waals surface area contributed by atoms with E-state index in [-0.39, 0.29) is 23.5 Å². The second-order valence-electron chi connectivity index (χ2n) is 4.62. The monoisotopic (exact) mass is 281 g/mol. The van der Waals surface area contributed by atoms with E-state index in [9.17, 15) is 20.0 Å². The predicted molar refractivity (Wildman–Crippen MR) is 75.6 cm³/mol. The van der Waals surface area contributed by atoms with Crippen molar-refractivity contribution >= 4 is 17.3 Å². The number of hydrogen-bond donors (Lipinski definition) is 3. The third-order valence-electron chi connectivity index (χ3n) is 3.53. The minimum atomic E-state index is -0.723. The smallest absolute Gasteiger partial charge is 0.293 e. The third-order valence-corrected chi connectivity index (χ3v) is 3.53. The summed E-state index contributed by atoms with van der Waals surface area (Å²) in [5, 5.41) is 23.6. The van der Waals surface area contributed by atoms with Crippen LogP contribution in [0.1, 0.15) is 37.0 Å². The Morgan fingerprint density at radius 1 is 1.45 bits per heavy atom. The van der Waals surface area contributed by atoms with Gasteiger partial charge in [0.15, 0.2) is 0 Å². The average Bonchev–Trinajstić information content (AvgIpc) is 2.44. The fourth-order valence-corrected chi connectivity index (χ4v) is 1.92. The van der Waals surface area contributed by atoms with Crippen molar-refractivity contribution in [1.29, 1.82) is 0 Å². The van der Waals surface area contributed by atoms with Gasteiger partial charge < -0.3 is 16.2 Å². The van der Waals surface area contributed by atoms with Crippen LogP contribution in [0.2, 0.25) is 0 Å². The van der Waals surface area contributed by atoms with Crippen LogP contribution >= 0.6 is 0 Å². The SMILES string of the molecule is CCC(CC)(CO)Nc1ccc(C(N)=O)cc1[N+](=O)[O-]. The van der Waals surface area contributed by atoms with Crippen LogP contribution < -0.4 is 11.1 Å². The number of nitrogens with zero attached hydrogens (tertiary/aromatic N) is 1. The summed E-state index contributed by atoms with van der Waals surface area (Å²) in [7, 11) is 0. The molecule has 0 saturated carbocycles. The Hall–Kier alpha value is -2.15. The van der Waals surface area contributed by atoms with Gasteiger partial charge in [-0.25, -0.2) is 0 Å². The lowest BCUT2D eigenvalue weighted by Crippen LogP contribution is -2.41. The highest BCUT2D eigenvalue weighted by Gasteiger charge is 2.28. The summed E-state index contributed by atoms with van der Waals surface area (Å²) in [6.07, 6.45) is 1.21. The van der Waals surface area contributed by atoms with Crippen LogP contribution in [0.5, 0.6) is 0 Å². The summed E-state index contributed by atoms with van der Waals surface area (Å²) in [6.45, 7) is 3.63. The highest BCUT2D eigenvalue weighted by atomic mass is 16.6. The number of nitrogens with two attached hydrogens (primary N) is 1. The lowest BCUT2D eigenvalue weighted by molar-refractivity contribution is -0.384. The molecule has 0 bridgehead atoms. The lowest BCUT2D eigenvalue weighted by Gasteiger charge is -2.31. The number of benzene rings is 1. The van der Waals surface area contributed by atoms with Crippen LogP contribution in [0.4, 0.5) is 11.4 Å². The Kier molecular flexibility index (Phi) is 5.04. The summed E-state index contributed by atoms with van der Waals surface area (Å²) in [5.41, 5.74) is 4.59. The first-order valence-electron chi connectivity index (χ1n) is 6.36. The first-order valence-corrected chi connectivity index (χ1v) is 6.36. The maximum atomic E-state index is 11.1. The van der Waals surface area contributed by atoms with E-state index >= 15 is 0 Å². The summed E-state index contributed by atoms with van der Waals surface area (Å²) < 4.78 is 0. The number of anilines is 1. The zero-order valence-corrected chi connectivity index (χ0v) is 11.5. The van der Waals surface area contributed by atoms with Crippen LogP contribution in [0.3, 0.4) is 0 Å². The van der Waals surface area contributed by atoms with Crippen LogP contribution in [0.15, 0.2) is 18.2 Å². The Balaban J connectivity index is 3.24. The van der Waals surface area contributed by atoms with Crippen molar-refractivity contribution in [2.24, 2.45) is 5.73 Å². The molecule has 0 radical (unpaired) electrons. The molecular formula is C13H19N3O4. The van der Waals surface area contributed by atoms with Gasteiger partial charge in [0.2, 0.25) is 5.91 Å². The number of rotatable bonds is 7. The number of aliphatic hydroxyl groups excluding tert-OH is 1. The molecule has 20 heavy (non-hydrogen) atoms. The number of nitrogens with one attached hydrogen (secondary N) is 1. The van der Waals surface area contributed by atoms with Crippen molar-refractivity contribution in [2.75, 3.05) is 11.9 Å². The first-order chi connectivity index (χ1) is 9.39. The Labute approximate surface area is 116 Å². The van der Waals surface area contributed by atoms with E-state index in [0.717, 1.165) is 6.07 Å². The van der Waals surface area contributed by atoms with E-state index in [1.807, 2.05) is 13.8 Å². The van der Waals surface area contributed by atoms with E-state index < -0.39 is 16.4 Å². The zero-order chi connectivity index (χ0) is 15.3. The fraction of sp³-hybridized carbons (Fsp3) is 0.462. The Morgan fingerprint density at radius 3 is 2.45 bits per heavy atom. The molecular weight excluding hydrogens is 262 g/mol. The van der Waals surface area contributed by atoms with Crippen LogP contribution in [-0.2, 0) is 0 Å². The van der Waals surface area contributed by atoms with Gasteiger partial charge in [-0.15, -0.1) is 0 Å². The molecule has 0 saturated heterocycles. The van der Waals surface area contributed by atoms with Crippen molar-refractivity contribution < 1.29 is 14.8 Å². The fourth-order valence-electron chi connectivity index (χ4n) is 1.92. The number of carbonyl (C=O) groups excluding carboxylic acids is 1. The van der Waals surface area contributed by atoms with Crippen LogP contribution in [0, 0.1) is 10.1 Å². The maximum absolute atomic E-state index is 11.1. The van der Waals surface area contributed by atoms with E-state index in [2.05, 4.69) is 5.32 Å². The molecule has 0 spiro atoms. The molecule has 7 heteroatoms. The van der Waals surface area contributed by atoms with Crippen molar-refractivity contribution in [3.05, 3.63) is 33.9 Å². The molecule has 1 aromatic rings. The number of hydrogen-bond acceptors (Lipinski definition) is 5. The van der Waals surface area contributed by atoms with Gasteiger partial charge in [0, 0.05) is 11.6 Å². The minimum absolute atomic E-state index is 0.0739. The quantitative estimate of drug-likeness (QED) is 0.518. The van der Waals surface area contributed by atoms with Crippen LogP contribution in [0.25, 0.3) is 0 Å². The molecule has 1 aromatic carbocycles. The average molecular weight is 281 g/mol. The van der Waals surface area contributed by atoms with Crippen molar-refractivity contribution in [1.82, 2.24) is 0 Å². The highest BCUT2D eigenvalue weighted by molar-refractivity contribution is 5.94. The van der Waals surface area contributed by atoms with Gasteiger partial charge in [-0.05, 0) is 25.0 Å². The molecule has 110 valence electrons. The summed E-state index contributed by atoms with van der Waals surface area (Å²) >= 11 is 0. The van der Waals surface area contributed by atoms with E-state index in [1.165, 1.54) is 12.1 Å². The summed E-state index contributed by atoms with van der Waals surface area (Å²) in [4.78, 5) is 21.6. The second-order valence-corrected chi connectivity index (χ2v) is 4.62. The second kappa shape index (κ2) is 6.33. The third kappa shape index (κ3) is 3.24. The topological polar surface area (TPSA) is 118 Å². The normalized spacial score (nSPS) is 11.2. The first kappa shape index (κ1) is 15.9. The number of nitro groups is 1. The van der Waals surface area contributed by atoms with Crippen LogP contribution in [-0.4, -0.2) is 28.1 Å².